The fraction of sp³-hybridized carbons (Fsp3) is 0.429. The first kappa shape index (κ1) is 40.0. The molecule has 3 aromatic rings. The van der Waals surface area contributed by atoms with Crippen LogP contribution in [-0.2, 0) is 41.6 Å². The molecule has 0 radical (unpaired) electrons. The van der Waals surface area contributed by atoms with Gasteiger partial charge in [0.1, 0.15) is 29.9 Å². The number of aromatic hydroxyl groups is 1. The highest BCUT2D eigenvalue weighted by atomic mass is 16.4. The molecule has 0 aliphatic carbocycles. The third-order valence-electron chi connectivity index (χ3n) is 8.31. The molecule has 0 fully saturated rings. The molecule has 2 aromatic carbocycles. The Morgan fingerprint density at radius 1 is 0.784 bits per heavy atom. The molecule has 0 bridgehead atoms. The van der Waals surface area contributed by atoms with Crippen LogP contribution in [0.25, 0.3) is 10.9 Å². The van der Waals surface area contributed by atoms with E-state index in [2.05, 4.69) is 26.3 Å². The predicted octanol–water partition coefficient (Wildman–Crippen LogP) is -0.330. The molecule has 0 unspecified atom stereocenters. The third kappa shape index (κ3) is 12.1. The van der Waals surface area contributed by atoms with Crippen LogP contribution in [0.5, 0.6) is 5.75 Å². The number of aromatic nitrogens is 1. The second kappa shape index (κ2) is 19.1. The van der Waals surface area contributed by atoms with Crippen molar-refractivity contribution in [3.8, 4) is 5.75 Å². The number of amides is 5. The Morgan fingerprint density at radius 3 is 2.04 bits per heavy atom. The van der Waals surface area contributed by atoms with E-state index in [0.717, 1.165) is 16.5 Å². The average molecular weight is 709 g/mol. The van der Waals surface area contributed by atoms with E-state index >= 15 is 0 Å². The van der Waals surface area contributed by atoms with Crippen LogP contribution in [0.15, 0.2) is 54.7 Å². The molecule has 16 heteroatoms. The summed E-state index contributed by atoms with van der Waals surface area (Å²) in [5.74, 6) is -6.00. The molecule has 0 saturated heterocycles. The summed E-state index contributed by atoms with van der Waals surface area (Å²) in [7, 11) is 0. The minimum absolute atomic E-state index is 0.0285. The first-order valence-electron chi connectivity index (χ1n) is 16.7. The maximum atomic E-state index is 13.8. The Bertz CT molecular complexity index is 1680. The number of aromatic amines is 1. The molecule has 5 atom stereocenters. The quantitative estimate of drug-likeness (QED) is 0.0682. The van der Waals surface area contributed by atoms with Crippen LogP contribution in [-0.4, -0.2) is 87.5 Å². The molecule has 276 valence electrons. The molecule has 0 saturated carbocycles. The highest BCUT2D eigenvalue weighted by Crippen LogP contribution is 2.20. The largest absolute Gasteiger partial charge is 0.508 e. The van der Waals surface area contributed by atoms with Gasteiger partial charge in [-0.15, -0.1) is 0 Å². The summed E-state index contributed by atoms with van der Waals surface area (Å²) in [5, 5.41) is 30.3. The standard InChI is InChI=1S/C35H48N8O8/c1-19(2)30(34(49)41-27(17-29(38)45)32(47)42-28(35(50)51)15-20-10-12-22(44)13-11-20)43-33(48)26(40-31(46)24(37)8-5-6-14-36)16-21-18-39-25-9-4-3-7-23(21)25/h3-4,7,9-13,18-19,24,26-28,30,39,44H,5-6,8,14-17,36-37H2,1-2H3,(H2,38,45)(H,40,46)(H,41,49)(H,42,47)(H,43,48)(H,50,51)/t24-,26-,27-,28-,30-/m0/s1. The summed E-state index contributed by atoms with van der Waals surface area (Å²) in [5.41, 5.74) is 19.1. The van der Waals surface area contributed by atoms with Crippen molar-refractivity contribution in [3.63, 3.8) is 0 Å². The molecular weight excluding hydrogens is 660 g/mol. The zero-order valence-electron chi connectivity index (χ0n) is 28.7. The number of phenolic OH excluding ortho intramolecular Hbond substituents is 1. The van der Waals surface area contributed by atoms with Crippen LogP contribution in [0.1, 0.15) is 50.7 Å². The first-order valence-corrected chi connectivity index (χ1v) is 16.7. The monoisotopic (exact) mass is 708 g/mol. The molecule has 0 aliphatic rings. The number of carboxylic acid groups (broad SMARTS) is 1. The molecule has 51 heavy (non-hydrogen) atoms. The summed E-state index contributed by atoms with van der Waals surface area (Å²) in [4.78, 5) is 80.9. The molecule has 13 N–H and O–H groups in total. The zero-order chi connectivity index (χ0) is 37.7. The second-order valence-electron chi connectivity index (χ2n) is 12.7. The number of phenols is 1. The first-order chi connectivity index (χ1) is 24.2. The lowest BCUT2D eigenvalue weighted by atomic mass is 9.99. The number of aliphatic carboxylic acids is 1. The number of fused-ring (bicyclic) bond motifs is 1. The number of primary amides is 1. The number of nitrogens with one attached hydrogen (secondary N) is 5. The van der Waals surface area contributed by atoms with Crippen LogP contribution in [0.2, 0.25) is 0 Å². The minimum atomic E-state index is -1.58. The maximum Gasteiger partial charge on any atom is 0.326 e. The fourth-order valence-electron chi connectivity index (χ4n) is 5.45. The van der Waals surface area contributed by atoms with Crippen LogP contribution in [0.4, 0.5) is 0 Å². The van der Waals surface area contributed by atoms with E-state index in [4.69, 9.17) is 17.2 Å². The van der Waals surface area contributed by atoms with E-state index in [1.807, 2.05) is 24.3 Å². The number of benzene rings is 2. The van der Waals surface area contributed by atoms with Crippen molar-refractivity contribution in [3.05, 3.63) is 65.9 Å². The Hall–Kier alpha value is -5.48. The molecule has 1 heterocycles. The van der Waals surface area contributed by atoms with E-state index in [1.165, 1.54) is 24.3 Å². The van der Waals surface area contributed by atoms with Crippen molar-refractivity contribution in [1.29, 1.82) is 0 Å². The van der Waals surface area contributed by atoms with Gasteiger partial charge in [-0.25, -0.2) is 4.79 Å². The molecule has 0 aliphatic heterocycles. The minimum Gasteiger partial charge on any atom is -0.508 e. The molecule has 16 nitrogen and oxygen atoms in total. The molecule has 1 aromatic heterocycles. The normalized spacial score (nSPS) is 14.1. The SMILES string of the molecule is CC(C)[C@H](NC(=O)[C@H](Cc1c[nH]c2ccccc12)NC(=O)[C@@H](N)CCCCN)C(=O)N[C@@H](CC(N)=O)C(=O)N[C@@H](Cc1ccc(O)cc1)C(=O)O. The average Bonchev–Trinajstić information content (AvgIpc) is 3.49. The highest BCUT2D eigenvalue weighted by Gasteiger charge is 2.34. The molecular formula is C35H48N8O8. The number of carbonyl (C=O) groups excluding carboxylic acids is 5. The van der Waals surface area contributed by atoms with Gasteiger partial charge in [0.2, 0.25) is 29.5 Å². The van der Waals surface area contributed by atoms with Gasteiger partial charge < -0.3 is 53.7 Å². The van der Waals surface area contributed by atoms with E-state index < -0.39 is 78.1 Å². The van der Waals surface area contributed by atoms with Gasteiger partial charge in [-0.1, -0.05) is 50.6 Å². The van der Waals surface area contributed by atoms with E-state index in [-0.39, 0.29) is 18.6 Å². The molecule has 0 spiro atoms. The fourth-order valence-corrected chi connectivity index (χ4v) is 5.45. The highest BCUT2D eigenvalue weighted by molar-refractivity contribution is 5.97. The number of carbonyl (C=O) groups is 6. The lowest BCUT2D eigenvalue weighted by Crippen LogP contribution is -2.60. The number of hydrogen-bond donors (Lipinski definition) is 10. The van der Waals surface area contributed by atoms with Crippen LogP contribution in [0.3, 0.4) is 0 Å². The smallest absolute Gasteiger partial charge is 0.326 e. The van der Waals surface area contributed by atoms with Crippen molar-refractivity contribution in [2.45, 2.75) is 82.6 Å². The Balaban J connectivity index is 1.80. The zero-order valence-corrected chi connectivity index (χ0v) is 28.7. The number of nitrogens with two attached hydrogens (primary N) is 3. The van der Waals surface area contributed by atoms with Gasteiger partial charge in [-0.2, -0.15) is 0 Å². The van der Waals surface area contributed by atoms with Crippen LogP contribution < -0.4 is 38.5 Å². The number of unbranched alkanes of at least 4 members (excludes halogenated alkanes) is 1. The van der Waals surface area contributed by atoms with Crippen molar-refractivity contribution >= 4 is 46.4 Å². The van der Waals surface area contributed by atoms with Crippen molar-refractivity contribution in [2.24, 2.45) is 23.1 Å². The van der Waals surface area contributed by atoms with E-state index in [1.54, 1.807) is 20.0 Å². The van der Waals surface area contributed by atoms with E-state index in [9.17, 15) is 39.0 Å². The molecule has 5 amide bonds. The lowest BCUT2D eigenvalue weighted by Gasteiger charge is -2.28. The summed E-state index contributed by atoms with van der Waals surface area (Å²) in [6.45, 7) is 3.74. The molecule has 3 rings (SSSR count). The second-order valence-corrected chi connectivity index (χ2v) is 12.7. The number of hydrogen-bond acceptors (Lipinski definition) is 9. The van der Waals surface area contributed by atoms with Gasteiger partial charge in [-0.3, -0.25) is 24.0 Å². The summed E-state index contributed by atoms with van der Waals surface area (Å²) in [6, 6.07) is 6.76. The van der Waals surface area contributed by atoms with E-state index in [0.29, 0.717) is 31.4 Å². The van der Waals surface area contributed by atoms with Gasteiger partial charge in [0, 0.05) is 29.9 Å². The predicted molar refractivity (Wildman–Crippen MR) is 189 cm³/mol. The van der Waals surface area contributed by atoms with Crippen LogP contribution in [0, 0.1) is 5.92 Å². The van der Waals surface area contributed by atoms with Gasteiger partial charge in [0.15, 0.2) is 0 Å². The summed E-state index contributed by atoms with van der Waals surface area (Å²) >= 11 is 0. The Kier molecular flexibility index (Phi) is 14.9. The van der Waals surface area contributed by atoms with Gasteiger partial charge in [0.25, 0.3) is 0 Å². The maximum absolute atomic E-state index is 13.8. The number of carboxylic acids is 1. The van der Waals surface area contributed by atoms with Crippen molar-refractivity contribution in [2.75, 3.05) is 6.54 Å². The Labute approximate surface area is 295 Å². The third-order valence-corrected chi connectivity index (χ3v) is 8.31. The van der Waals surface area contributed by atoms with Gasteiger partial charge in [0.05, 0.1) is 12.5 Å². The van der Waals surface area contributed by atoms with Crippen molar-refractivity contribution in [1.82, 2.24) is 26.3 Å². The summed E-state index contributed by atoms with van der Waals surface area (Å²) in [6.07, 6.45) is 2.59. The number of rotatable bonds is 20. The lowest BCUT2D eigenvalue weighted by molar-refractivity contribution is -0.142. The Morgan fingerprint density at radius 2 is 1.41 bits per heavy atom. The number of H-pyrrole nitrogens is 1. The van der Waals surface area contributed by atoms with Gasteiger partial charge in [-0.05, 0) is 54.6 Å². The summed E-state index contributed by atoms with van der Waals surface area (Å²) < 4.78 is 0. The number of para-hydroxylation sites is 1. The van der Waals surface area contributed by atoms with Gasteiger partial charge >= 0.3 is 5.97 Å². The topological polar surface area (TPSA) is 285 Å². The van der Waals surface area contributed by atoms with Crippen LogP contribution >= 0.6 is 0 Å². The van der Waals surface area contributed by atoms with Crippen molar-refractivity contribution < 1.29 is 39.0 Å².